The van der Waals surface area contributed by atoms with Crippen molar-refractivity contribution in [1.82, 2.24) is 21.3 Å². The molecule has 0 fully saturated rings. The average molecular weight is 599 g/mol. The van der Waals surface area contributed by atoms with E-state index < -0.39 is 59.1 Å². The minimum absolute atomic E-state index is 0.0412. The van der Waals surface area contributed by atoms with Crippen molar-refractivity contribution in [2.24, 2.45) is 11.3 Å². The van der Waals surface area contributed by atoms with Crippen LogP contribution in [0.3, 0.4) is 0 Å². The van der Waals surface area contributed by atoms with Crippen LogP contribution in [0, 0.1) is 11.3 Å². The molecule has 0 spiro atoms. The predicted molar refractivity (Wildman–Crippen MR) is 167 cm³/mol. The molecule has 43 heavy (non-hydrogen) atoms. The van der Waals surface area contributed by atoms with Crippen molar-refractivity contribution < 1.29 is 29.3 Å². The SMILES string of the molecule is CNC(=O)C(C(=O)N[C@H](Cc1ccccc1)C(O)CNC[C@H](O)[C@H](Cc1ccccc1)NC(=O)OC(C)(C)C)C(C)(C)C. The van der Waals surface area contributed by atoms with Gasteiger partial charge in [-0.15, -0.1) is 0 Å². The molecule has 10 heteroatoms. The number of alkyl carbamates (subject to hydrolysis) is 1. The van der Waals surface area contributed by atoms with Crippen LogP contribution >= 0.6 is 0 Å². The maximum Gasteiger partial charge on any atom is 0.407 e. The molecule has 2 unspecified atom stereocenters. The summed E-state index contributed by atoms with van der Waals surface area (Å²) in [6.07, 6.45) is -2.00. The van der Waals surface area contributed by atoms with Gasteiger partial charge in [0.15, 0.2) is 0 Å². The van der Waals surface area contributed by atoms with E-state index in [4.69, 9.17) is 4.74 Å². The molecule has 2 rings (SSSR count). The molecule has 0 heterocycles. The summed E-state index contributed by atoms with van der Waals surface area (Å²) in [5.74, 6) is -1.84. The normalized spacial score (nSPS) is 15.4. The number of benzene rings is 2. The Morgan fingerprint density at radius 2 is 1.16 bits per heavy atom. The third kappa shape index (κ3) is 12.7. The average Bonchev–Trinajstić information content (AvgIpc) is 2.91. The second kappa shape index (κ2) is 16.4. The van der Waals surface area contributed by atoms with Crippen LogP contribution in [0.5, 0.6) is 0 Å². The standard InChI is InChI=1S/C33H50N4O6/c1-32(2,3)28(29(40)34-7)30(41)36-24(18-22-14-10-8-11-15-22)26(38)20-35-21-27(39)25(19-23-16-12-9-13-17-23)37-31(42)43-33(4,5)6/h8-17,24-28,35,38-39H,18-21H2,1-7H3,(H,34,40)(H,36,41)(H,37,42)/t24-,25+,26?,27+,28?/m1/s1. The first-order chi connectivity index (χ1) is 20.1. The minimum Gasteiger partial charge on any atom is -0.444 e. The van der Waals surface area contributed by atoms with Crippen molar-refractivity contribution in [2.45, 2.75) is 84.3 Å². The highest BCUT2D eigenvalue weighted by atomic mass is 16.6. The lowest BCUT2D eigenvalue weighted by Gasteiger charge is -2.32. The Hall–Kier alpha value is -3.47. The van der Waals surface area contributed by atoms with E-state index in [0.717, 1.165) is 11.1 Å². The third-order valence-electron chi connectivity index (χ3n) is 6.90. The van der Waals surface area contributed by atoms with E-state index in [9.17, 15) is 24.6 Å². The molecule has 0 aromatic heterocycles. The fourth-order valence-corrected chi connectivity index (χ4v) is 4.74. The molecular formula is C33H50N4O6. The minimum atomic E-state index is -1.05. The van der Waals surface area contributed by atoms with Gasteiger partial charge >= 0.3 is 6.09 Å². The fraction of sp³-hybridized carbons (Fsp3) is 0.545. The topological polar surface area (TPSA) is 149 Å². The highest BCUT2D eigenvalue weighted by Gasteiger charge is 2.38. The number of carbonyl (C=O) groups excluding carboxylic acids is 3. The van der Waals surface area contributed by atoms with Gasteiger partial charge in [0.05, 0.1) is 24.3 Å². The van der Waals surface area contributed by atoms with E-state index in [1.807, 2.05) is 81.4 Å². The van der Waals surface area contributed by atoms with Crippen molar-refractivity contribution in [1.29, 1.82) is 0 Å². The fourth-order valence-electron chi connectivity index (χ4n) is 4.74. The zero-order valence-electron chi connectivity index (χ0n) is 26.5. The predicted octanol–water partition coefficient (Wildman–Crippen LogP) is 2.57. The molecule has 2 aromatic rings. The third-order valence-corrected chi connectivity index (χ3v) is 6.90. The first-order valence-corrected chi connectivity index (χ1v) is 14.8. The summed E-state index contributed by atoms with van der Waals surface area (Å²) in [5.41, 5.74) is 0.488. The lowest BCUT2D eigenvalue weighted by molar-refractivity contribution is -0.140. The largest absolute Gasteiger partial charge is 0.444 e. The van der Waals surface area contributed by atoms with Crippen molar-refractivity contribution >= 4 is 17.9 Å². The number of amides is 3. The molecular weight excluding hydrogens is 548 g/mol. The molecule has 238 valence electrons. The summed E-state index contributed by atoms with van der Waals surface area (Å²) in [6, 6.07) is 17.5. The van der Waals surface area contributed by atoms with Gasteiger partial charge in [0.1, 0.15) is 11.5 Å². The molecule has 3 amide bonds. The Labute approximate surface area is 256 Å². The van der Waals surface area contributed by atoms with Gasteiger partial charge in [0, 0.05) is 20.1 Å². The zero-order valence-corrected chi connectivity index (χ0v) is 26.5. The van der Waals surface area contributed by atoms with Gasteiger partial charge in [-0.3, -0.25) is 9.59 Å². The molecule has 0 radical (unpaired) electrons. The van der Waals surface area contributed by atoms with Gasteiger partial charge in [0.2, 0.25) is 11.8 Å². The van der Waals surface area contributed by atoms with Crippen LogP contribution in [0.15, 0.2) is 60.7 Å². The van der Waals surface area contributed by atoms with Crippen molar-refractivity contribution in [3.05, 3.63) is 71.8 Å². The molecule has 5 atom stereocenters. The quantitative estimate of drug-likeness (QED) is 0.183. The Morgan fingerprint density at radius 1 is 0.721 bits per heavy atom. The first-order valence-electron chi connectivity index (χ1n) is 14.8. The van der Waals surface area contributed by atoms with Crippen LogP contribution in [-0.2, 0) is 27.2 Å². The molecule has 0 saturated carbocycles. The number of nitrogens with one attached hydrogen (secondary N) is 4. The molecule has 10 nitrogen and oxygen atoms in total. The summed E-state index contributed by atoms with van der Waals surface area (Å²) >= 11 is 0. The molecule has 0 saturated heterocycles. The number of rotatable bonds is 14. The number of carbonyl (C=O) groups is 3. The summed E-state index contributed by atoms with van der Waals surface area (Å²) in [4.78, 5) is 38.5. The Balaban J connectivity index is 2.13. The van der Waals surface area contributed by atoms with Gasteiger partial charge in [-0.2, -0.15) is 0 Å². The lowest BCUT2D eigenvalue weighted by atomic mass is 9.79. The van der Waals surface area contributed by atoms with Crippen LogP contribution in [0.4, 0.5) is 4.79 Å². The number of hydrogen-bond donors (Lipinski definition) is 6. The molecule has 0 aliphatic carbocycles. The summed E-state index contributed by atoms with van der Waals surface area (Å²) in [5, 5.41) is 33.6. The smallest absolute Gasteiger partial charge is 0.407 e. The summed E-state index contributed by atoms with van der Waals surface area (Å²) in [6.45, 7) is 10.8. The van der Waals surface area contributed by atoms with E-state index in [1.165, 1.54) is 7.05 Å². The number of aliphatic hydroxyl groups is 2. The van der Waals surface area contributed by atoms with Crippen molar-refractivity contribution in [3.63, 3.8) is 0 Å². The van der Waals surface area contributed by atoms with E-state index in [0.29, 0.717) is 12.8 Å². The highest BCUT2D eigenvalue weighted by Crippen LogP contribution is 2.26. The summed E-state index contributed by atoms with van der Waals surface area (Å²) < 4.78 is 5.40. The summed E-state index contributed by atoms with van der Waals surface area (Å²) in [7, 11) is 1.49. The van der Waals surface area contributed by atoms with Crippen LogP contribution < -0.4 is 21.3 Å². The Kier molecular flexibility index (Phi) is 13.6. The van der Waals surface area contributed by atoms with Gasteiger partial charge in [-0.1, -0.05) is 81.4 Å². The second-order valence-electron chi connectivity index (χ2n) is 13.0. The molecule has 0 aliphatic heterocycles. The molecule has 0 aliphatic rings. The van der Waals surface area contributed by atoms with Gasteiger partial charge in [-0.25, -0.2) is 4.79 Å². The van der Waals surface area contributed by atoms with Crippen LogP contribution in [-0.4, -0.2) is 78.2 Å². The molecule has 0 bridgehead atoms. The van der Waals surface area contributed by atoms with Gasteiger partial charge < -0.3 is 36.2 Å². The van der Waals surface area contributed by atoms with Crippen LogP contribution in [0.25, 0.3) is 0 Å². The van der Waals surface area contributed by atoms with E-state index in [-0.39, 0.29) is 13.1 Å². The Bertz CT molecular complexity index is 1150. The monoisotopic (exact) mass is 598 g/mol. The van der Waals surface area contributed by atoms with Crippen molar-refractivity contribution in [3.8, 4) is 0 Å². The van der Waals surface area contributed by atoms with E-state index in [1.54, 1.807) is 20.8 Å². The van der Waals surface area contributed by atoms with Crippen LogP contribution in [0.1, 0.15) is 52.7 Å². The highest BCUT2D eigenvalue weighted by molar-refractivity contribution is 6.01. The van der Waals surface area contributed by atoms with Crippen LogP contribution in [0.2, 0.25) is 0 Å². The van der Waals surface area contributed by atoms with E-state index >= 15 is 0 Å². The lowest BCUT2D eigenvalue weighted by Crippen LogP contribution is -2.55. The first kappa shape index (κ1) is 35.7. The zero-order chi connectivity index (χ0) is 32.2. The van der Waals surface area contributed by atoms with Gasteiger partial charge in [0.25, 0.3) is 0 Å². The Morgan fingerprint density at radius 3 is 1.56 bits per heavy atom. The molecule has 6 N–H and O–H groups in total. The maximum atomic E-state index is 13.3. The molecule has 2 aromatic carbocycles. The number of aliphatic hydroxyl groups excluding tert-OH is 2. The number of ether oxygens (including phenoxy) is 1. The van der Waals surface area contributed by atoms with Crippen molar-refractivity contribution in [2.75, 3.05) is 20.1 Å². The van der Waals surface area contributed by atoms with E-state index in [2.05, 4.69) is 21.3 Å². The number of hydrogen-bond acceptors (Lipinski definition) is 7. The second-order valence-corrected chi connectivity index (χ2v) is 13.0. The van der Waals surface area contributed by atoms with Gasteiger partial charge in [-0.05, 0) is 50.2 Å². The maximum absolute atomic E-state index is 13.3.